The molecule has 14 rings (SSSR count). The Kier molecular flexibility index (Phi) is 36.2. The molecule has 0 saturated heterocycles. The minimum atomic E-state index is -0.430. The summed E-state index contributed by atoms with van der Waals surface area (Å²) in [6.45, 7) is 18.8. The fourth-order valence-electron chi connectivity index (χ4n) is 16.8. The highest BCUT2D eigenvalue weighted by atomic mass is 16.5. The maximum Gasteiger partial charge on any atom is 0.255 e. The zero-order chi connectivity index (χ0) is 94.9. The van der Waals surface area contributed by atoms with Gasteiger partial charge in [-0.25, -0.2) is 9.97 Å². The smallest absolute Gasteiger partial charge is 0.255 e. The lowest BCUT2D eigenvalue weighted by molar-refractivity contribution is 0.0196. The third-order valence-corrected chi connectivity index (χ3v) is 24.2. The number of rotatable bonds is 26. The Bertz CT molecular complexity index is 5990. The van der Waals surface area contributed by atoms with Crippen LogP contribution in [-0.2, 0) is 43.4 Å². The van der Waals surface area contributed by atoms with Crippen molar-refractivity contribution < 1.29 is 66.8 Å². The number of benzene rings is 7. The second-order valence-electron chi connectivity index (χ2n) is 33.7. The molecule has 8 amide bonds. The van der Waals surface area contributed by atoms with Crippen LogP contribution >= 0.6 is 0 Å². The Labute approximate surface area is 793 Å². The first-order valence-electron chi connectivity index (χ1n) is 46.7. The van der Waals surface area contributed by atoms with Crippen molar-refractivity contribution in [1.82, 2.24) is 82.1 Å². The van der Waals surface area contributed by atoms with Crippen molar-refractivity contribution in [2.75, 3.05) is 184 Å². The molecule has 30 heteroatoms. The van der Waals surface area contributed by atoms with Gasteiger partial charge in [0.05, 0.1) is 86.8 Å². The van der Waals surface area contributed by atoms with Crippen LogP contribution in [0.15, 0.2) is 188 Å². The molecule has 3 aromatic heterocycles. The van der Waals surface area contributed by atoms with E-state index in [1.54, 1.807) is 101 Å². The molecule has 136 heavy (non-hydrogen) atoms. The summed E-state index contributed by atoms with van der Waals surface area (Å²) in [5.41, 5.74) is 16.8. The number of para-hydroxylation sites is 1. The average molecular weight is 1840 g/mol. The number of hydrogen-bond donors (Lipinski definition) is 10. The number of H-pyrrole nitrogens is 2. The Hall–Kier alpha value is -13.7. The predicted molar refractivity (Wildman–Crippen MR) is 528 cm³/mol. The molecule has 10 aromatic rings. The lowest BCUT2D eigenvalue weighted by atomic mass is 10.0. The Balaban J connectivity index is 0.682. The zero-order valence-electron chi connectivity index (χ0n) is 78.0. The molecule has 10 N–H and O–H groups in total. The minimum Gasteiger partial charge on any atom is -0.487 e. The minimum absolute atomic E-state index is 0.0973. The van der Waals surface area contributed by atoms with E-state index in [9.17, 15) is 38.4 Å². The van der Waals surface area contributed by atoms with Crippen LogP contribution in [0.2, 0.25) is 0 Å². The lowest BCUT2D eigenvalue weighted by Crippen LogP contribution is -2.41. The number of amides is 8. The van der Waals surface area contributed by atoms with Crippen molar-refractivity contribution in [2.45, 2.75) is 53.8 Å². The number of ether oxygens (including phenoxy) is 6. The summed E-state index contributed by atoms with van der Waals surface area (Å²) < 4.78 is 34.4. The van der Waals surface area contributed by atoms with Gasteiger partial charge in [-0.1, -0.05) is 110 Å². The van der Waals surface area contributed by atoms with E-state index in [2.05, 4.69) is 128 Å². The third-order valence-electron chi connectivity index (χ3n) is 24.2. The number of methoxy groups -OCH3 is 1. The highest BCUT2D eigenvalue weighted by Crippen LogP contribution is 2.35. The van der Waals surface area contributed by atoms with Gasteiger partial charge in [0.15, 0.2) is 0 Å². The number of hydrogen-bond acceptors (Lipinski definition) is 20. The van der Waals surface area contributed by atoms with Crippen molar-refractivity contribution in [1.29, 1.82) is 0 Å². The van der Waals surface area contributed by atoms with Crippen LogP contribution in [0.1, 0.15) is 152 Å². The molecule has 0 unspecified atom stereocenters. The van der Waals surface area contributed by atoms with E-state index in [0.717, 1.165) is 90.2 Å². The Morgan fingerprint density at radius 3 is 0.978 bits per heavy atom. The molecule has 0 fully saturated rings. The van der Waals surface area contributed by atoms with E-state index >= 15 is 0 Å². The number of carbonyl (C=O) groups excluding carboxylic acids is 8. The molecule has 7 aromatic carbocycles. The molecular formula is C106H122N16O14. The predicted octanol–water partition coefficient (Wildman–Crippen LogP) is 11.5. The second-order valence-corrected chi connectivity index (χ2v) is 33.7. The first-order chi connectivity index (χ1) is 66.4. The lowest BCUT2D eigenvalue weighted by Gasteiger charge is -2.24. The molecule has 0 atom stereocenters. The number of nitrogens with one attached hydrogen (secondary N) is 10. The first kappa shape index (κ1) is 98.3. The molecule has 0 aliphatic carbocycles. The highest BCUT2D eigenvalue weighted by molar-refractivity contribution is 6.06. The fraction of sp³-hybridized carbons (Fsp3) is 0.340. The standard InChI is InChI=1S/C106H122N16O14/c1-6-58-132-63-64-133-59-56-120-50-42-109-101(125)86-18-12-21-89(74(86)4)104(128)112-46-54-122(55-47-114-106(130)91-23-13-22-90(105(129)113-43-51-120)98(91)136-71-77-14-8-7-9-15-77)70-76-26-30-79(31-27-76)97-94-38-34-82(117-94)67-80-32-36-92(115-80)96(93-37-33-81(116-93)68-83-35-39-95(97)118-83)78-28-24-75(25-29-78)69-121-52-44-110-102(126)87-19-10-16-84(72(87)2)99(123)107-40-48-119(57-60-134-65-66-135-62-61-131-5)49-41-108-100(124)85-17-11-20-88(73(85)3)103(127)111-45-53-121/h7-39,67-68,115,118H,6,40-66,69-71H2,1-5H3,(H,107,123)(H,108,124)(H,109,125)(H,110,126)(H,111,127)(H,112,128)(H,113,129)(H,114,130). The Morgan fingerprint density at radius 2 is 0.632 bits per heavy atom. The van der Waals surface area contributed by atoms with E-state index in [0.29, 0.717) is 188 Å². The fourth-order valence-corrected chi connectivity index (χ4v) is 16.8. The van der Waals surface area contributed by atoms with Gasteiger partial charge in [0.2, 0.25) is 0 Å². The SMILES string of the molecule is CCCOCCOCCN1CCNC(=O)c2cccc(c2C)C(=O)NCCN(Cc2ccc(-c3c4nc(cc5ccc([nH]5)c(-c5ccc(CN6CCNC(=O)c7cccc(c7C)C(=O)NCCN(CCOCCOCCOC)CCNC(=O)c7cccc(c7C)C(=O)NCC6)cc5)c5nc(cc6ccc3[nH]6)C=C5)C=C4)cc2)CCNC(=O)c2cccc(c2OCc2ccccc2)C(=O)NCC1. The summed E-state index contributed by atoms with van der Waals surface area (Å²) in [7, 11) is 1.62. The molecular weight excluding hydrogens is 1720 g/mol. The molecule has 0 radical (unpaired) electrons. The van der Waals surface area contributed by atoms with E-state index in [1.807, 2.05) is 91.0 Å². The number of carbonyl (C=O) groups is 8. The van der Waals surface area contributed by atoms with E-state index in [1.165, 1.54) is 0 Å². The molecule has 16 bridgehead atoms. The molecule has 7 heterocycles. The molecule has 4 aliphatic rings. The van der Waals surface area contributed by atoms with E-state index in [-0.39, 0.29) is 111 Å². The van der Waals surface area contributed by atoms with E-state index < -0.39 is 11.8 Å². The number of nitrogens with zero attached hydrogens (tertiary/aromatic N) is 6. The summed E-state index contributed by atoms with van der Waals surface area (Å²) >= 11 is 0. The highest BCUT2D eigenvalue weighted by Gasteiger charge is 2.27. The van der Waals surface area contributed by atoms with Crippen molar-refractivity contribution in [3.63, 3.8) is 0 Å². The van der Waals surface area contributed by atoms with E-state index in [4.69, 9.17) is 38.4 Å². The molecule has 4 aliphatic heterocycles. The molecule has 710 valence electrons. The number of aromatic amines is 2. The quantitative estimate of drug-likeness (QED) is 0.0225. The van der Waals surface area contributed by atoms with Crippen LogP contribution < -0.4 is 47.3 Å². The maximum absolute atomic E-state index is 14.6. The third kappa shape index (κ3) is 27.3. The van der Waals surface area contributed by atoms with Gasteiger partial charge in [0.25, 0.3) is 47.3 Å². The van der Waals surface area contributed by atoms with Gasteiger partial charge in [-0.2, -0.15) is 0 Å². The number of aromatic nitrogens is 4. The molecule has 0 spiro atoms. The van der Waals surface area contributed by atoms with Crippen molar-refractivity contribution in [3.05, 3.63) is 289 Å². The van der Waals surface area contributed by atoms with Gasteiger partial charge in [-0.3, -0.25) is 58.0 Å². The summed E-state index contributed by atoms with van der Waals surface area (Å²) in [6, 6.07) is 58.7. The summed E-state index contributed by atoms with van der Waals surface area (Å²) in [5, 5.41) is 24.7. The second kappa shape index (κ2) is 50.1. The first-order valence-corrected chi connectivity index (χ1v) is 46.7. The van der Waals surface area contributed by atoms with Gasteiger partial charge < -0.3 is 80.9 Å². The van der Waals surface area contributed by atoms with Crippen LogP contribution in [-0.4, -0.2) is 271 Å². The summed E-state index contributed by atoms with van der Waals surface area (Å²) in [5.74, 6) is -2.63. The van der Waals surface area contributed by atoms with Crippen LogP contribution in [0.4, 0.5) is 0 Å². The van der Waals surface area contributed by atoms with Gasteiger partial charge >= 0.3 is 0 Å². The van der Waals surface area contributed by atoms with Crippen molar-refractivity contribution in [2.24, 2.45) is 0 Å². The van der Waals surface area contributed by atoms with Crippen LogP contribution in [0.5, 0.6) is 5.75 Å². The van der Waals surface area contributed by atoms with Crippen molar-refractivity contribution in [3.8, 4) is 28.0 Å². The Morgan fingerprint density at radius 1 is 0.316 bits per heavy atom. The summed E-state index contributed by atoms with van der Waals surface area (Å²) in [4.78, 5) is 139. The average Bonchev–Trinajstić information content (AvgIpc) is 1.45. The van der Waals surface area contributed by atoms with Crippen LogP contribution in [0, 0.1) is 20.8 Å². The zero-order valence-corrected chi connectivity index (χ0v) is 78.0. The normalized spacial score (nSPS) is 15.6. The van der Waals surface area contributed by atoms with Crippen LogP contribution in [0.3, 0.4) is 0 Å². The maximum atomic E-state index is 14.6. The topological polar surface area (TPSA) is 358 Å². The largest absolute Gasteiger partial charge is 0.487 e. The van der Waals surface area contributed by atoms with Gasteiger partial charge in [-0.15, -0.1) is 0 Å². The van der Waals surface area contributed by atoms with Gasteiger partial charge in [-0.05, 0) is 181 Å². The van der Waals surface area contributed by atoms with Gasteiger partial charge in [0, 0.05) is 211 Å². The van der Waals surface area contributed by atoms with Crippen LogP contribution in [0.25, 0.3) is 68.6 Å². The molecule has 0 saturated carbocycles. The van der Waals surface area contributed by atoms with Gasteiger partial charge in [0.1, 0.15) is 12.4 Å². The summed E-state index contributed by atoms with van der Waals surface area (Å²) in [6.07, 6.45) is 8.95. The monoisotopic (exact) mass is 1840 g/mol. The molecule has 30 nitrogen and oxygen atoms in total. The number of fused-ring (bicyclic) bond motifs is 16. The van der Waals surface area contributed by atoms with Crippen molar-refractivity contribution >= 4 is 93.6 Å².